The maximum atomic E-state index is 13.0. The maximum absolute atomic E-state index is 13.0. The summed E-state index contributed by atoms with van der Waals surface area (Å²) in [4.78, 5) is 59.8. The van der Waals surface area contributed by atoms with Gasteiger partial charge in [0.05, 0.1) is 68.0 Å². The van der Waals surface area contributed by atoms with Crippen LogP contribution in [0.1, 0.15) is 30.4 Å². The van der Waals surface area contributed by atoms with Crippen LogP contribution in [-0.4, -0.2) is 62.2 Å². The number of nitrogens with one attached hydrogen (secondary N) is 1. The average molecular weight is 606 g/mol. The fourth-order valence-corrected chi connectivity index (χ4v) is 3.72. The van der Waals surface area contributed by atoms with Crippen molar-refractivity contribution < 1.29 is 52.7 Å². The first kappa shape index (κ1) is 33.8. The normalized spacial score (nSPS) is 11.0. The number of nitro groups is 2. The van der Waals surface area contributed by atoms with Crippen molar-refractivity contribution in [1.29, 1.82) is 0 Å². The minimum Gasteiger partial charge on any atom is -0.493 e. The van der Waals surface area contributed by atoms with Gasteiger partial charge in [-0.05, 0) is 18.6 Å². The third kappa shape index (κ3) is 9.31. The van der Waals surface area contributed by atoms with E-state index in [0.717, 1.165) is 12.1 Å². The number of carbonyl (C=O) groups is 3. The van der Waals surface area contributed by atoms with Gasteiger partial charge in [0.1, 0.15) is 19.3 Å². The molecule has 2 aromatic rings. The predicted molar refractivity (Wildman–Crippen MR) is 148 cm³/mol. The van der Waals surface area contributed by atoms with E-state index >= 15 is 0 Å². The monoisotopic (exact) mass is 605 g/mol. The van der Waals surface area contributed by atoms with Crippen molar-refractivity contribution >= 4 is 29.2 Å². The Labute approximate surface area is 245 Å². The molecule has 0 aliphatic heterocycles. The van der Waals surface area contributed by atoms with E-state index in [4.69, 9.17) is 28.4 Å². The number of rotatable bonds is 17. The third-order valence-electron chi connectivity index (χ3n) is 5.89. The molecule has 0 aliphatic rings. The molecule has 0 saturated carbocycles. The van der Waals surface area contributed by atoms with Crippen molar-refractivity contribution in [2.45, 2.75) is 38.5 Å². The first-order valence-electron chi connectivity index (χ1n) is 12.5. The van der Waals surface area contributed by atoms with Gasteiger partial charge in [0.2, 0.25) is 5.91 Å². The maximum Gasteiger partial charge on any atom is 0.329 e. The number of methoxy groups -OCH3 is 4. The molecule has 2 rings (SSSR count). The highest BCUT2D eigenvalue weighted by Crippen LogP contribution is 2.36. The molecule has 1 atom stereocenters. The molecule has 16 nitrogen and oxygen atoms in total. The Morgan fingerprint density at radius 3 is 1.67 bits per heavy atom. The van der Waals surface area contributed by atoms with Gasteiger partial charge in [0, 0.05) is 6.42 Å². The lowest BCUT2D eigenvalue weighted by Gasteiger charge is -2.18. The van der Waals surface area contributed by atoms with Gasteiger partial charge in [-0.25, -0.2) is 4.79 Å². The molecule has 0 saturated heterocycles. The second-order valence-electron chi connectivity index (χ2n) is 8.61. The van der Waals surface area contributed by atoms with E-state index in [1.54, 1.807) is 0 Å². The first-order chi connectivity index (χ1) is 20.5. The molecule has 0 radical (unpaired) electrons. The van der Waals surface area contributed by atoms with Gasteiger partial charge < -0.3 is 33.7 Å². The Morgan fingerprint density at radius 2 is 1.26 bits per heavy atom. The average Bonchev–Trinajstić information content (AvgIpc) is 2.99. The Balaban J connectivity index is 2.24. The fraction of sp³-hybridized carbons (Fsp3) is 0.370. The molecule has 16 heteroatoms. The van der Waals surface area contributed by atoms with E-state index in [2.05, 4.69) is 11.9 Å². The van der Waals surface area contributed by atoms with Crippen molar-refractivity contribution in [3.05, 3.63) is 68.3 Å². The molecule has 1 N–H and O–H groups in total. The number of nitro benzene ring substituents is 2. The largest absolute Gasteiger partial charge is 0.493 e. The van der Waals surface area contributed by atoms with Crippen LogP contribution in [0.25, 0.3) is 0 Å². The molecule has 0 aromatic heterocycles. The number of hydrogen-bond acceptors (Lipinski definition) is 13. The van der Waals surface area contributed by atoms with Crippen LogP contribution in [0.3, 0.4) is 0 Å². The van der Waals surface area contributed by atoms with Gasteiger partial charge >= 0.3 is 11.9 Å². The van der Waals surface area contributed by atoms with Crippen molar-refractivity contribution in [1.82, 2.24) is 5.32 Å². The zero-order chi connectivity index (χ0) is 32.1. The van der Waals surface area contributed by atoms with Gasteiger partial charge in [0.15, 0.2) is 23.0 Å². The van der Waals surface area contributed by atoms with Crippen LogP contribution in [0, 0.1) is 20.2 Å². The number of hydrogen-bond donors (Lipinski definition) is 1. The topological polar surface area (TPSA) is 205 Å². The molecule has 0 aliphatic carbocycles. The fourth-order valence-electron chi connectivity index (χ4n) is 3.72. The molecular weight excluding hydrogens is 574 g/mol. The Morgan fingerprint density at radius 1 is 0.814 bits per heavy atom. The second-order valence-corrected chi connectivity index (χ2v) is 8.61. The van der Waals surface area contributed by atoms with E-state index < -0.39 is 64.7 Å². The van der Waals surface area contributed by atoms with Crippen LogP contribution in [0.15, 0.2) is 36.9 Å². The number of nitrogens with zero attached hydrogens (tertiary/aromatic N) is 2. The molecule has 43 heavy (non-hydrogen) atoms. The number of ether oxygens (including phenoxy) is 6. The number of esters is 2. The molecule has 2 aromatic carbocycles. The van der Waals surface area contributed by atoms with Gasteiger partial charge in [-0.1, -0.05) is 6.08 Å². The van der Waals surface area contributed by atoms with Crippen LogP contribution >= 0.6 is 0 Å². The standard InChI is InChI=1S/C27H31N3O13/c1-6-7-8-25(31)28-18(27(33)43-15-17-10-22(39-3)24(41-5)13-20(17)30(36)37)11-26(32)42-14-16-9-21(38-2)23(40-4)12-19(16)29(34)35/h6,9-10,12-13,18H,1,7-8,11,14-15H2,2-5H3,(H,28,31)/t18-/m0/s1. The predicted octanol–water partition coefficient (Wildman–Crippen LogP) is 3.17. The molecule has 1 amide bonds. The number of carbonyl (C=O) groups excluding carboxylic acids is 3. The number of amides is 1. The van der Waals surface area contributed by atoms with Gasteiger partial charge in [0.25, 0.3) is 11.4 Å². The zero-order valence-corrected chi connectivity index (χ0v) is 23.9. The molecule has 0 fully saturated rings. The summed E-state index contributed by atoms with van der Waals surface area (Å²) in [6.45, 7) is 2.34. The van der Waals surface area contributed by atoms with Crippen molar-refractivity contribution in [3.63, 3.8) is 0 Å². The van der Waals surface area contributed by atoms with Crippen LogP contribution in [0.5, 0.6) is 23.0 Å². The second kappa shape index (κ2) is 16.1. The Hall–Kier alpha value is -5.41. The van der Waals surface area contributed by atoms with E-state index in [9.17, 15) is 34.6 Å². The van der Waals surface area contributed by atoms with E-state index in [0.29, 0.717) is 0 Å². The summed E-state index contributed by atoms with van der Waals surface area (Å²) in [6.07, 6.45) is 0.987. The number of benzene rings is 2. The Bertz CT molecular complexity index is 1380. The van der Waals surface area contributed by atoms with Crippen molar-refractivity contribution in [3.8, 4) is 23.0 Å². The smallest absolute Gasteiger partial charge is 0.329 e. The summed E-state index contributed by atoms with van der Waals surface area (Å²) in [5.74, 6) is -2.25. The van der Waals surface area contributed by atoms with Gasteiger partial charge in [-0.3, -0.25) is 29.8 Å². The van der Waals surface area contributed by atoms with Crippen LogP contribution in [0.4, 0.5) is 11.4 Å². The van der Waals surface area contributed by atoms with Crippen LogP contribution in [0.2, 0.25) is 0 Å². The summed E-state index contributed by atoms with van der Waals surface area (Å²) >= 11 is 0. The molecule has 0 heterocycles. The first-order valence-corrected chi connectivity index (χ1v) is 12.5. The SMILES string of the molecule is C=CCCC(=O)N[C@@H](CC(=O)OCc1cc(OC)c(OC)cc1[N+](=O)[O-])C(=O)OCc1cc(OC)c(OC)cc1[N+](=O)[O-]. The molecule has 232 valence electrons. The molecule has 0 unspecified atom stereocenters. The molecule has 0 spiro atoms. The van der Waals surface area contributed by atoms with E-state index in [1.165, 1.54) is 46.6 Å². The van der Waals surface area contributed by atoms with Crippen molar-refractivity contribution in [2.24, 2.45) is 0 Å². The lowest BCUT2D eigenvalue weighted by molar-refractivity contribution is -0.386. The van der Waals surface area contributed by atoms with Crippen molar-refractivity contribution in [2.75, 3.05) is 28.4 Å². The summed E-state index contributed by atoms with van der Waals surface area (Å²) < 4.78 is 30.8. The Kier molecular flexibility index (Phi) is 12.7. The lowest BCUT2D eigenvalue weighted by Crippen LogP contribution is -2.43. The summed E-state index contributed by atoms with van der Waals surface area (Å²) in [6, 6.07) is 3.18. The molecule has 0 bridgehead atoms. The van der Waals surface area contributed by atoms with Gasteiger partial charge in [-0.2, -0.15) is 0 Å². The highest BCUT2D eigenvalue weighted by atomic mass is 16.6. The van der Waals surface area contributed by atoms with E-state index in [1.807, 2.05) is 0 Å². The summed E-state index contributed by atoms with van der Waals surface area (Å²) in [5, 5.41) is 25.5. The van der Waals surface area contributed by atoms with Crippen LogP contribution in [-0.2, 0) is 37.1 Å². The number of allylic oxidation sites excluding steroid dienone is 1. The highest BCUT2D eigenvalue weighted by molar-refractivity contribution is 5.88. The minimum atomic E-state index is -1.55. The lowest BCUT2D eigenvalue weighted by atomic mass is 10.1. The molecular formula is C27H31N3O13. The summed E-state index contributed by atoms with van der Waals surface area (Å²) in [5.41, 5.74) is -0.898. The third-order valence-corrected chi connectivity index (χ3v) is 5.89. The zero-order valence-electron chi connectivity index (χ0n) is 23.9. The quantitative estimate of drug-likeness (QED) is 0.119. The van der Waals surface area contributed by atoms with E-state index in [-0.39, 0.29) is 47.0 Å². The minimum absolute atomic E-state index is 0.0223. The summed E-state index contributed by atoms with van der Waals surface area (Å²) in [7, 11) is 5.23. The van der Waals surface area contributed by atoms with Crippen LogP contribution < -0.4 is 24.3 Å². The highest BCUT2D eigenvalue weighted by Gasteiger charge is 2.29. The van der Waals surface area contributed by atoms with Gasteiger partial charge in [-0.15, -0.1) is 6.58 Å².